The van der Waals surface area contributed by atoms with Crippen molar-refractivity contribution in [3.05, 3.63) is 36.0 Å². The van der Waals surface area contributed by atoms with Gasteiger partial charge in [-0.1, -0.05) is 24.3 Å². The number of nitrogens with one attached hydrogen (secondary N) is 1. The second-order valence-electron chi connectivity index (χ2n) is 4.86. The van der Waals surface area contributed by atoms with Crippen LogP contribution in [0.3, 0.4) is 0 Å². The summed E-state index contributed by atoms with van der Waals surface area (Å²) < 4.78 is 11.4. The Morgan fingerprint density at radius 1 is 1.29 bits per heavy atom. The third-order valence-electron chi connectivity index (χ3n) is 3.56. The minimum Gasteiger partial charge on any atom is -0.335 e. The maximum absolute atomic E-state index is 12.5. The summed E-state index contributed by atoms with van der Waals surface area (Å²) in [5, 5.41) is 1.78. The normalized spacial score (nSPS) is 16.1. The Kier molecular flexibility index (Phi) is 3.85. The van der Waals surface area contributed by atoms with E-state index in [1.807, 2.05) is 24.3 Å². The maximum Gasteiger partial charge on any atom is 0.272 e. The summed E-state index contributed by atoms with van der Waals surface area (Å²) in [4.78, 5) is 18.5. The zero-order valence-electron chi connectivity index (χ0n) is 11.4. The van der Waals surface area contributed by atoms with Crippen LogP contribution in [0.4, 0.5) is 5.82 Å². The molecule has 110 valence electrons. The Bertz CT molecular complexity index is 709. The van der Waals surface area contributed by atoms with Crippen molar-refractivity contribution in [1.29, 1.82) is 0 Å². The van der Waals surface area contributed by atoms with Crippen LogP contribution in [-0.4, -0.2) is 44.6 Å². The van der Waals surface area contributed by atoms with Gasteiger partial charge in [-0.25, -0.2) is 10.8 Å². The Morgan fingerprint density at radius 3 is 2.71 bits per heavy atom. The number of hydrazine groups is 1. The molecular formula is C14H16N4O2S. The molecule has 1 amide bonds. The van der Waals surface area contributed by atoms with Gasteiger partial charge < -0.3 is 10.3 Å². The molecule has 1 fully saturated rings. The predicted octanol–water partition coefficient (Wildman–Crippen LogP) is 0.725. The van der Waals surface area contributed by atoms with E-state index in [2.05, 4.69) is 10.4 Å². The highest BCUT2D eigenvalue weighted by molar-refractivity contribution is 7.85. The van der Waals surface area contributed by atoms with Crippen molar-refractivity contribution in [2.45, 2.75) is 0 Å². The van der Waals surface area contributed by atoms with Gasteiger partial charge in [-0.15, -0.1) is 0 Å². The number of nitrogens with two attached hydrogens (primary N) is 1. The fourth-order valence-electron chi connectivity index (χ4n) is 2.42. The molecule has 2 heterocycles. The lowest BCUT2D eigenvalue weighted by Crippen LogP contribution is -2.42. The fraction of sp³-hybridized carbons (Fsp3) is 0.286. The van der Waals surface area contributed by atoms with Crippen molar-refractivity contribution in [3.63, 3.8) is 0 Å². The Morgan fingerprint density at radius 2 is 2.00 bits per heavy atom. The molecule has 7 heteroatoms. The first-order valence-corrected chi connectivity index (χ1v) is 8.18. The van der Waals surface area contributed by atoms with E-state index in [9.17, 15) is 9.00 Å². The standard InChI is InChI=1S/C14H16N4O2S/c15-17-13-11-4-2-1-3-10(11)9-12(16-13)14(19)18-5-7-21(20)8-6-18/h1-4,9H,5-8,15H2,(H,16,17). The van der Waals surface area contributed by atoms with E-state index in [-0.39, 0.29) is 5.91 Å². The topological polar surface area (TPSA) is 88.3 Å². The van der Waals surface area contributed by atoms with Crippen molar-refractivity contribution in [3.8, 4) is 0 Å². The smallest absolute Gasteiger partial charge is 0.272 e. The van der Waals surface area contributed by atoms with Crippen LogP contribution in [-0.2, 0) is 10.8 Å². The lowest BCUT2D eigenvalue weighted by molar-refractivity contribution is 0.0766. The monoisotopic (exact) mass is 304 g/mol. The number of hydrogen-bond donors (Lipinski definition) is 2. The highest BCUT2D eigenvalue weighted by atomic mass is 32.2. The van der Waals surface area contributed by atoms with Gasteiger partial charge in [-0.05, 0) is 11.5 Å². The van der Waals surface area contributed by atoms with Crippen LogP contribution in [0.2, 0.25) is 0 Å². The van der Waals surface area contributed by atoms with Crippen molar-refractivity contribution < 1.29 is 9.00 Å². The third-order valence-corrected chi connectivity index (χ3v) is 4.84. The van der Waals surface area contributed by atoms with E-state index in [1.165, 1.54) is 0 Å². The first kappa shape index (κ1) is 14.0. The summed E-state index contributed by atoms with van der Waals surface area (Å²) in [6, 6.07) is 9.38. The molecule has 0 saturated carbocycles. The number of amides is 1. The van der Waals surface area contributed by atoms with Crippen molar-refractivity contribution >= 4 is 33.3 Å². The lowest BCUT2D eigenvalue weighted by atomic mass is 10.1. The molecule has 1 aliphatic heterocycles. The summed E-state index contributed by atoms with van der Waals surface area (Å²) in [5.74, 6) is 6.90. The molecular weight excluding hydrogens is 288 g/mol. The fourth-order valence-corrected chi connectivity index (χ4v) is 3.47. The van der Waals surface area contributed by atoms with E-state index >= 15 is 0 Å². The van der Waals surface area contributed by atoms with E-state index < -0.39 is 10.8 Å². The van der Waals surface area contributed by atoms with Gasteiger partial charge in [-0.3, -0.25) is 9.00 Å². The first-order chi connectivity index (χ1) is 10.2. The number of nitrogen functional groups attached to an aromatic ring is 1. The minimum absolute atomic E-state index is 0.144. The molecule has 0 unspecified atom stereocenters. The number of rotatable bonds is 2. The van der Waals surface area contributed by atoms with Gasteiger partial charge in [0.25, 0.3) is 5.91 Å². The molecule has 0 spiro atoms. The van der Waals surface area contributed by atoms with Crippen LogP contribution in [0.25, 0.3) is 10.8 Å². The highest BCUT2D eigenvalue weighted by Gasteiger charge is 2.23. The van der Waals surface area contributed by atoms with Crippen LogP contribution in [0.15, 0.2) is 30.3 Å². The second-order valence-corrected chi connectivity index (χ2v) is 6.56. The molecule has 1 aromatic carbocycles. The van der Waals surface area contributed by atoms with Gasteiger partial charge in [0.2, 0.25) is 0 Å². The summed E-state index contributed by atoms with van der Waals surface area (Å²) >= 11 is 0. The number of hydrogen-bond acceptors (Lipinski definition) is 5. The molecule has 1 aliphatic rings. The van der Waals surface area contributed by atoms with Gasteiger partial charge in [0.1, 0.15) is 11.5 Å². The first-order valence-electron chi connectivity index (χ1n) is 6.69. The summed E-state index contributed by atoms with van der Waals surface area (Å²) in [7, 11) is -0.809. The molecule has 3 rings (SSSR count). The lowest BCUT2D eigenvalue weighted by Gasteiger charge is -2.26. The molecule has 1 saturated heterocycles. The average molecular weight is 304 g/mol. The molecule has 0 atom stereocenters. The van der Waals surface area contributed by atoms with Crippen LogP contribution in [0, 0.1) is 0 Å². The number of aromatic nitrogens is 1. The number of anilines is 1. The molecule has 6 nitrogen and oxygen atoms in total. The Balaban J connectivity index is 1.96. The van der Waals surface area contributed by atoms with Gasteiger partial charge in [0.15, 0.2) is 0 Å². The van der Waals surface area contributed by atoms with Gasteiger partial charge in [0.05, 0.1) is 0 Å². The van der Waals surface area contributed by atoms with E-state index in [0.717, 1.165) is 10.8 Å². The number of nitrogens with zero attached hydrogens (tertiary/aromatic N) is 2. The van der Waals surface area contributed by atoms with Crippen LogP contribution >= 0.6 is 0 Å². The summed E-state index contributed by atoms with van der Waals surface area (Å²) in [6.07, 6.45) is 0. The third kappa shape index (κ3) is 2.74. The number of pyridine rings is 1. The molecule has 1 aromatic heterocycles. The molecule has 21 heavy (non-hydrogen) atoms. The van der Waals surface area contributed by atoms with Crippen molar-refractivity contribution in [1.82, 2.24) is 9.88 Å². The Hall–Kier alpha value is -1.99. The number of benzene rings is 1. The number of carbonyl (C=O) groups excluding carboxylic acids is 1. The molecule has 0 bridgehead atoms. The molecule has 2 aromatic rings. The van der Waals surface area contributed by atoms with Gasteiger partial charge in [-0.2, -0.15) is 0 Å². The molecule has 3 N–H and O–H groups in total. The largest absolute Gasteiger partial charge is 0.335 e. The van der Waals surface area contributed by atoms with Crippen LogP contribution in [0.5, 0.6) is 0 Å². The van der Waals surface area contributed by atoms with E-state index in [1.54, 1.807) is 11.0 Å². The average Bonchev–Trinajstić information content (AvgIpc) is 2.53. The zero-order valence-corrected chi connectivity index (χ0v) is 12.2. The molecule has 0 aliphatic carbocycles. The van der Waals surface area contributed by atoms with Crippen LogP contribution < -0.4 is 11.3 Å². The highest BCUT2D eigenvalue weighted by Crippen LogP contribution is 2.22. The quantitative estimate of drug-likeness (QED) is 0.630. The number of fused-ring (bicyclic) bond motifs is 1. The van der Waals surface area contributed by atoms with E-state index in [0.29, 0.717) is 36.1 Å². The van der Waals surface area contributed by atoms with Gasteiger partial charge in [0, 0.05) is 40.8 Å². The van der Waals surface area contributed by atoms with Crippen molar-refractivity contribution in [2.75, 3.05) is 30.0 Å². The van der Waals surface area contributed by atoms with Crippen LogP contribution in [0.1, 0.15) is 10.5 Å². The molecule has 0 radical (unpaired) electrons. The maximum atomic E-state index is 12.5. The summed E-state index contributed by atoms with van der Waals surface area (Å²) in [6.45, 7) is 1.01. The SMILES string of the molecule is NNc1nc(C(=O)N2CCS(=O)CC2)cc2ccccc12. The zero-order chi connectivity index (χ0) is 14.8. The number of carbonyl (C=O) groups is 1. The Labute approximate surface area is 124 Å². The predicted molar refractivity (Wildman–Crippen MR) is 83.3 cm³/mol. The van der Waals surface area contributed by atoms with Crippen molar-refractivity contribution in [2.24, 2.45) is 5.84 Å². The van der Waals surface area contributed by atoms with E-state index in [4.69, 9.17) is 5.84 Å². The minimum atomic E-state index is -0.809. The van der Waals surface area contributed by atoms with Gasteiger partial charge >= 0.3 is 0 Å². The second kappa shape index (κ2) is 5.79. The summed E-state index contributed by atoms with van der Waals surface area (Å²) in [5.41, 5.74) is 2.90.